The minimum Gasteiger partial charge on any atom is -0.207 e. The molecule has 1 aromatic rings. The molecule has 0 aliphatic heterocycles. The van der Waals surface area contributed by atoms with Gasteiger partial charge in [-0.25, -0.2) is 4.39 Å². The number of fused-ring (bicyclic) bond motifs is 1. The second-order valence-corrected chi connectivity index (χ2v) is 4.99. The molecular weight excluding hydrogens is 287 g/mol. The molecule has 0 saturated carbocycles. The molecule has 0 aromatic heterocycles. The fourth-order valence-corrected chi connectivity index (χ4v) is 2.84. The van der Waals surface area contributed by atoms with Crippen LogP contribution < -0.4 is 0 Å². The highest BCUT2D eigenvalue weighted by Crippen LogP contribution is 2.40. The van der Waals surface area contributed by atoms with E-state index in [1.54, 1.807) is 0 Å². The smallest absolute Gasteiger partial charge is 0.128 e. The summed E-state index contributed by atoms with van der Waals surface area (Å²) >= 11 is 6.74. The lowest BCUT2D eigenvalue weighted by Gasteiger charge is -2.04. The average molecular weight is 294 g/mol. The highest BCUT2D eigenvalue weighted by atomic mass is 79.9. The maximum atomic E-state index is 13.3. The van der Waals surface area contributed by atoms with Crippen LogP contribution in [0.4, 0.5) is 4.39 Å². The summed E-state index contributed by atoms with van der Waals surface area (Å²) in [7, 11) is 0. The van der Waals surface area contributed by atoms with Crippen LogP contribution in [0.1, 0.15) is 22.4 Å². The second kappa shape index (κ2) is 3.11. The average Bonchev–Trinajstić information content (AvgIpc) is 2.31. The zero-order valence-corrected chi connectivity index (χ0v) is 9.45. The fourth-order valence-electron chi connectivity index (χ4n) is 1.62. The summed E-state index contributed by atoms with van der Waals surface area (Å²) in [6.07, 6.45) is 1.98. The number of halogens is 3. The Hall–Kier alpha value is 0.110. The van der Waals surface area contributed by atoms with Crippen LogP contribution in [-0.4, -0.2) is 0 Å². The molecule has 0 spiro atoms. The third-order valence-corrected chi connectivity index (χ3v) is 3.53. The first kappa shape index (κ1) is 8.70. The molecule has 0 radical (unpaired) electrons. The lowest BCUT2D eigenvalue weighted by Crippen LogP contribution is -1.90. The molecule has 0 heterocycles. The lowest BCUT2D eigenvalue weighted by molar-refractivity contribution is 0.611. The Bertz CT molecular complexity index is 323. The number of rotatable bonds is 0. The Balaban J connectivity index is 2.60. The van der Waals surface area contributed by atoms with Gasteiger partial charge in [-0.3, -0.25) is 0 Å². The molecule has 0 N–H and O–H groups in total. The van der Waals surface area contributed by atoms with Crippen LogP contribution in [0.25, 0.3) is 0 Å². The lowest BCUT2D eigenvalue weighted by atomic mass is 10.1. The summed E-state index contributed by atoms with van der Waals surface area (Å²) in [4.78, 5) is 0.209. The van der Waals surface area contributed by atoms with E-state index in [-0.39, 0.29) is 10.6 Å². The number of hydrogen-bond donors (Lipinski definition) is 0. The van der Waals surface area contributed by atoms with Crippen LogP contribution in [0.3, 0.4) is 0 Å². The Kier molecular flexibility index (Phi) is 2.25. The van der Waals surface area contributed by atoms with Gasteiger partial charge in [-0.05, 0) is 30.5 Å². The van der Waals surface area contributed by atoms with E-state index >= 15 is 0 Å². The Morgan fingerprint density at radius 2 is 2.17 bits per heavy atom. The molecule has 64 valence electrons. The Morgan fingerprint density at radius 3 is 2.92 bits per heavy atom. The van der Waals surface area contributed by atoms with E-state index in [1.807, 2.05) is 6.07 Å². The highest BCUT2D eigenvalue weighted by Gasteiger charge is 2.23. The third-order valence-electron chi connectivity index (χ3n) is 2.16. The van der Waals surface area contributed by atoms with Gasteiger partial charge in [0, 0.05) is 14.9 Å². The molecule has 12 heavy (non-hydrogen) atoms. The van der Waals surface area contributed by atoms with Crippen molar-refractivity contribution in [2.45, 2.75) is 17.7 Å². The second-order valence-electron chi connectivity index (χ2n) is 2.97. The molecule has 0 amide bonds. The van der Waals surface area contributed by atoms with Crippen molar-refractivity contribution in [1.29, 1.82) is 0 Å². The van der Waals surface area contributed by atoms with Crippen LogP contribution in [0, 0.1) is 5.82 Å². The molecule has 0 fully saturated rings. The van der Waals surface area contributed by atoms with E-state index in [4.69, 9.17) is 0 Å². The van der Waals surface area contributed by atoms with Gasteiger partial charge >= 0.3 is 0 Å². The summed E-state index contributed by atoms with van der Waals surface area (Å²) < 4.78 is 14.2. The minimum atomic E-state index is -0.0984. The van der Waals surface area contributed by atoms with E-state index in [9.17, 15) is 4.39 Å². The summed E-state index contributed by atoms with van der Waals surface area (Å²) in [6, 6.07) is 3.53. The summed E-state index contributed by atoms with van der Waals surface area (Å²) in [5, 5.41) is 0. The van der Waals surface area contributed by atoms with Gasteiger partial charge in [0.25, 0.3) is 0 Å². The van der Waals surface area contributed by atoms with Gasteiger partial charge in [-0.2, -0.15) is 0 Å². The van der Waals surface area contributed by atoms with E-state index in [0.29, 0.717) is 0 Å². The fraction of sp³-hybridized carbons (Fsp3) is 0.333. The molecule has 0 bridgehead atoms. The van der Waals surface area contributed by atoms with Crippen molar-refractivity contribution in [3.8, 4) is 0 Å². The first-order valence-corrected chi connectivity index (χ1v) is 5.51. The topological polar surface area (TPSA) is 0 Å². The van der Waals surface area contributed by atoms with Crippen molar-refractivity contribution in [2.24, 2.45) is 0 Å². The molecule has 0 nitrogen and oxygen atoms in total. The number of hydrogen-bond acceptors (Lipinski definition) is 0. The van der Waals surface area contributed by atoms with Crippen LogP contribution >= 0.6 is 31.9 Å². The van der Waals surface area contributed by atoms with Crippen molar-refractivity contribution in [2.75, 3.05) is 0 Å². The van der Waals surface area contributed by atoms with Crippen molar-refractivity contribution >= 4 is 31.9 Å². The van der Waals surface area contributed by atoms with Crippen LogP contribution in [0.2, 0.25) is 0 Å². The summed E-state index contributed by atoms with van der Waals surface area (Å²) in [6.45, 7) is 0. The Labute approximate surface area is 87.4 Å². The maximum Gasteiger partial charge on any atom is 0.128 e. The van der Waals surface area contributed by atoms with E-state index in [1.165, 1.54) is 6.07 Å². The number of alkyl halides is 1. The molecule has 1 aliphatic carbocycles. The van der Waals surface area contributed by atoms with Crippen molar-refractivity contribution in [3.63, 3.8) is 0 Å². The van der Waals surface area contributed by atoms with Gasteiger partial charge in [-0.15, -0.1) is 0 Å². The molecule has 1 aliphatic rings. The molecule has 1 unspecified atom stereocenters. The van der Waals surface area contributed by atoms with Gasteiger partial charge in [0.15, 0.2) is 0 Å². The normalized spacial score (nSPS) is 21.1. The summed E-state index contributed by atoms with van der Waals surface area (Å²) in [5.41, 5.74) is 1.97. The monoisotopic (exact) mass is 292 g/mol. The molecule has 1 atom stereocenters. The highest BCUT2D eigenvalue weighted by molar-refractivity contribution is 9.10. The Morgan fingerprint density at radius 1 is 1.42 bits per heavy atom. The number of aryl methyl sites for hydroxylation is 1. The molecule has 2 rings (SSSR count). The first-order chi connectivity index (χ1) is 5.68. The molecule has 3 heteroatoms. The van der Waals surface area contributed by atoms with E-state index < -0.39 is 0 Å². The van der Waals surface area contributed by atoms with Gasteiger partial charge < -0.3 is 0 Å². The number of benzene rings is 1. The molecule has 0 saturated heterocycles. The van der Waals surface area contributed by atoms with Crippen molar-refractivity contribution in [1.82, 2.24) is 0 Å². The van der Waals surface area contributed by atoms with Crippen LogP contribution in [0.15, 0.2) is 16.6 Å². The van der Waals surface area contributed by atoms with Crippen molar-refractivity contribution in [3.05, 3.63) is 33.5 Å². The van der Waals surface area contributed by atoms with Crippen molar-refractivity contribution < 1.29 is 4.39 Å². The molecule has 1 aromatic carbocycles. The minimum absolute atomic E-state index is 0.0984. The van der Waals surface area contributed by atoms with E-state index in [0.717, 1.165) is 28.4 Å². The van der Waals surface area contributed by atoms with Crippen LogP contribution in [0.5, 0.6) is 0 Å². The zero-order valence-electron chi connectivity index (χ0n) is 6.28. The van der Waals surface area contributed by atoms with Gasteiger partial charge in [0.2, 0.25) is 0 Å². The third kappa shape index (κ3) is 1.33. The maximum absolute atomic E-state index is 13.3. The van der Waals surface area contributed by atoms with Gasteiger partial charge in [-0.1, -0.05) is 31.9 Å². The van der Waals surface area contributed by atoms with Gasteiger partial charge in [0.1, 0.15) is 5.82 Å². The molecular formula is C9H7Br2F. The van der Waals surface area contributed by atoms with E-state index in [2.05, 4.69) is 31.9 Å². The predicted molar refractivity (Wildman–Crippen MR) is 54.1 cm³/mol. The zero-order chi connectivity index (χ0) is 8.72. The quantitative estimate of drug-likeness (QED) is 0.635. The predicted octanol–water partition coefficient (Wildman–Crippen LogP) is 3.97. The largest absolute Gasteiger partial charge is 0.207 e. The standard InChI is InChI=1S/C9H7Br2F/c10-6-3-5-1-2-7(11)9(5)8(12)4-6/h3-4,7H,1-2H2. The SMILES string of the molecule is Fc1cc(Br)cc2c1C(Br)CC2. The summed E-state index contributed by atoms with van der Waals surface area (Å²) in [5.74, 6) is -0.0984. The van der Waals surface area contributed by atoms with Crippen LogP contribution in [-0.2, 0) is 6.42 Å². The first-order valence-electron chi connectivity index (χ1n) is 3.80. The van der Waals surface area contributed by atoms with Gasteiger partial charge in [0.05, 0.1) is 0 Å².